The van der Waals surface area contributed by atoms with Crippen LogP contribution in [-0.2, 0) is 13.0 Å². The van der Waals surface area contributed by atoms with Crippen LogP contribution in [0.1, 0.15) is 24.5 Å². The molecule has 2 heterocycles. The highest BCUT2D eigenvalue weighted by Crippen LogP contribution is 2.34. The first-order chi connectivity index (χ1) is 9.67. The highest BCUT2D eigenvalue weighted by atomic mass is 35.5. The van der Waals surface area contributed by atoms with E-state index in [2.05, 4.69) is 17.0 Å². The van der Waals surface area contributed by atoms with E-state index >= 15 is 0 Å². The Labute approximate surface area is 124 Å². The fourth-order valence-corrected chi connectivity index (χ4v) is 3.36. The van der Waals surface area contributed by atoms with Crippen LogP contribution in [0.25, 0.3) is 0 Å². The molecule has 2 aliphatic rings. The van der Waals surface area contributed by atoms with Crippen LogP contribution in [0.3, 0.4) is 0 Å². The Bertz CT molecular complexity index is 545. The summed E-state index contributed by atoms with van der Waals surface area (Å²) in [5, 5.41) is 13.1. The number of hydrogen-bond acceptors (Lipinski definition) is 4. The van der Waals surface area contributed by atoms with Gasteiger partial charge in [-0.1, -0.05) is 23.7 Å². The minimum atomic E-state index is 0.293. The SMILES string of the molecule is CC1CN(Cc2cc(Cl)cc3c2OCC3)CC/C1=N\O. The van der Waals surface area contributed by atoms with Gasteiger partial charge in [-0.3, -0.25) is 4.90 Å². The summed E-state index contributed by atoms with van der Waals surface area (Å²) in [6, 6.07) is 4.01. The molecule has 1 N–H and O–H groups in total. The maximum Gasteiger partial charge on any atom is 0.127 e. The lowest BCUT2D eigenvalue weighted by molar-refractivity contribution is 0.225. The van der Waals surface area contributed by atoms with Gasteiger partial charge in [0.1, 0.15) is 5.75 Å². The molecule has 20 heavy (non-hydrogen) atoms. The van der Waals surface area contributed by atoms with Crippen LogP contribution in [0.2, 0.25) is 5.02 Å². The number of rotatable bonds is 2. The standard InChI is InChI=1S/C15H19ClN2O2/c1-10-8-18(4-2-14(10)17-19)9-12-7-13(16)6-11-3-5-20-15(11)12/h6-7,10,19H,2-5,8-9H2,1H3/b17-14+. The van der Waals surface area contributed by atoms with Gasteiger partial charge in [-0.05, 0) is 17.7 Å². The van der Waals surface area contributed by atoms with Gasteiger partial charge in [0.2, 0.25) is 0 Å². The van der Waals surface area contributed by atoms with Crippen molar-refractivity contribution in [2.45, 2.75) is 26.3 Å². The minimum Gasteiger partial charge on any atom is -0.493 e. The number of benzene rings is 1. The summed E-state index contributed by atoms with van der Waals surface area (Å²) in [6.45, 7) is 5.50. The Balaban J connectivity index is 1.76. The van der Waals surface area contributed by atoms with Gasteiger partial charge in [0, 0.05) is 49.0 Å². The Kier molecular flexibility index (Phi) is 3.85. The van der Waals surface area contributed by atoms with Crippen molar-refractivity contribution in [3.8, 4) is 5.75 Å². The van der Waals surface area contributed by atoms with E-state index in [-0.39, 0.29) is 0 Å². The lowest BCUT2D eigenvalue weighted by atomic mass is 9.97. The van der Waals surface area contributed by atoms with Crippen molar-refractivity contribution in [1.82, 2.24) is 4.90 Å². The Morgan fingerprint density at radius 1 is 1.45 bits per heavy atom. The quantitative estimate of drug-likeness (QED) is 0.674. The molecule has 5 heteroatoms. The molecule has 1 fully saturated rings. The minimum absolute atomic E-state index is 0.293. The molecule has 1 aromatic rings. The second kappa shape index (κ2) is 5.62. The average Bonchev–Trinajstić information content (AvgIpc) is 2.87. The number of hydrogen-bond donors (Lipinski definition) is 1. The molecule has 3 rings (SSSR count). The normalized spacial score (nSPS) is 24.7. The van der Waals surface area contributed by atoms with Gasteiger partial charge in [-0.25, -0.2) is 0 Å². The predicted octanol–water partition coefficient (Wildman–Crippen LogP) is 2.95. The number of nitrogens with zero attached hydrogens (tertiary/aromatic N) is 2. The number of halogens is 1. The Morgan fingerprint density at radius 3 is 3.05 bits per heavy atom. The molecule has 0 aliphatic carbocycles. The second-order valence-electron chi connectivity index (χ2n) is 5.63. The summed E-state index contributed by atoms with van der Waals surface area (Å²) in [5.74, 6) is 1.31. The van der Waals surface area contributed by atoms with Gasteiger partial charge < -0.3 is 9.94 Å². The van der Waals surface area contributed by atoms with Crippen molar-refractivity contribution in [3.05, 3.63) is 28.3 Å². The van der Waals surface area contributed by atoms with Gasteiger partial charge in [-0.15, -0.1) is 0 Å². The van der Waals surface area contributed by atoms with Crippen molar-refractivity contribution >= 4 is 17.3 Å². The van der Waals surface area contributed by atoms with Crippen molar-refractivity contribution in [3.63, 3.8) is 0 Å². The summed E-state index contributed by atoms with van der Waals surface area (Å²) in [6.07, 6.45) is 1.77. The molecule has 0 saturated carbocycles. The topological polar surface area (TPSA) is 45.1 Å². The third-order valence-electron chi connectivity index (χ3n) is 4.13. The number of piperidine rings is 1. The van der Waals surface area contributed by atoms with Gasteiger partial charge in [0.25, 0.3) is 0 Å². The zero-order valence-corrected chi connectivity index (χ0v) is 12.4. The Morgan fingerprint density at radius 2 is 2.30 bits per heavy atom. The highest BCUT2D eigenvalue weighted by molar-refractivity contribution is 6.30. The molecular formula is C15H19ClN2O2. The molecule has 0 aromatic heterocycles. The summed E-state index contributed by atoms with van der Waals surface area (Å²) >= 11 is 6.19. The number of fused-ring (bicyclic) bond motifs is 1. The molecule has 1 aromatic carbocycles. The van der Waals surface area contributed by atoms with Crippen LogP contribution < -0.4 is 4.74 Å². The molecule has 0 radical (unpaired) electrons. The second-order valence-corrected chi connectivity index (χ2v) is 6.07. The maximum absolute atomic E-state index is 8.93. The molecule has 1 atom stereocenters. The highest BCUT2D eigenvalue weighted by Gasteiger charge is 2.25. The number of ether oxygens (including phenoxy) is 1. The van der Waals surface area contributed by atoms with E-state index < -0.39 is 0 Å². The largest absolute Gasteiger partial charge is 0.493 e. The summed E-state index contributed by atoms with van der Waals surface area (Å²) in [5.41, 5.74) is 3.28. The lowest BCUT2D eigenvalue weighted by Gasteiger charge is -2.31. The van der Waals surface area contributed by atoms with Gasteiger partial charge in [-0.2, -0.15) is 0 Å². The van der Waals surface area contributed by atoms with Crippen molar-refractivity contribution < 1.29 is 9.94 Å². The molecule has 2 aliphatic heterocycles. The van der Waals surface area contributed by atoms with Gasteiger partial charge in [0.15, 0.2) is 0 Å². The molecule has 1 saturated heterocycles. The zero-order chi connectivity index (χ0) is 14.1. The number of likely N-dealkylation sites (tertiary alicyclic amines) is 1. The molecule has 0 amide bonds. The van der Waals surface area contributed by atoms with Crippen LogP contribution in [0, 0.1) is 5.92 Å². The summed E-state index contributed by atoms with van der Waals surface area (Å²) in [7, 11) is 0. The fourth-order valence-electron chi connectivity index (χ4n) is 3.10. The first kappa shape index (κ1) is 13.7. The van der Waals surface area contributed by atoms with Crippen molar-refractivity contribution in [1.29, 1.82) is 0 Å². The van der Waals surface area contributed by atoms with Crippen LogP contribution in [-0.4, -0.2) is 35.5 Å². The van der Waals surface area contributed by atoms with E-state index in [1.165, 1.54) is 11.1 Å². The molecular weight excluding hydrogens is 276 g/mol. The van der Waals surface area contributed by atoms with Gasteiger partial charge in [0.05, 0.1) is 12.3 Å². The van der Waals surface area contributed by atoms with Crippen LogP contribution >= 0.6 is 11.6 Å². The van der Waals surface area contributed by atoms with E-state index in [0.717, 1.165) is 55.6 Å². The summed E-state index contributed by atoms with van der Waals surface area (Å²) < 4.78 is 5.75. The first-order valence-electron chi connectivity index (χ1n) is 7.04. The summed E-state index contributed by atoms with van der Waals surface area (Å²) in [4.78, 5) is 2.37. The van der Waals surface area contributed by atoms with E-state index in [1.54, 1.807) is 0 Å². The van der Waals surface area contributed by atoms with Crippen LogP contribution in [0.15, 0.2) is 17.3 Å². The Hall–Kier alpha value is -1.26. The molecule has 0 bridgehead atoms. The third kappa shape index (κ3) is 2.63. The molecule has 1 unspecified atom stereocenters. The molecule has 4 nitrogen and oxygen atoms in total. The van der Waals surface area contributed by atoms with Crippen LogP contribution in [0.5, 0.6) is 5.75 Å². The van der Waals surface area contributed by atoms with E-state index in [0.29, 0.717) is 5.92 Å². The van der Waals surface area contributed by atoms with Gasteiger partial charge >= 0.3 is 0 Å². The van der Waals surface area contributed by atoms with E-state index in [4.69, 9.17) is 21.5 Å². The maximum atomic E-state index is 8.93. The number of oxime groups is 1. The first-order valence-corrected chi connectivity index (χ1v) is 7.42. The third-order valence-corrected chi connectivity index (χ3v) is 4.35. The predicted molar refractivity (Wildman–Crippen MR) is 78.9 cm³/mol. The monoisotopic (exact) mass is 294 g/mol. The fraction of sp³-hybridized carbons (Fsp3) is 0.533. The van der Waals surface area contributed by atoms with Crippen molar-refractivity contribution in [2.24, 2.45) is 11.1 Å². The average molecular weight is 295 g/mol. The smallest absolute Gasteiger partial charge is 0.127 e. The molecule has 0 spiro atoms. The van der Waals surface area contributed by atoms with E-state index in [9.17, 15) is 0 Å². The van der Waals surface area contributed by atoms with E-state index in [1.807, 2.05) is 12.1 Å². The molecule has 108 valence electrons. The zero-order valence-electron chi connectivity index (χ0n) is 11.6. The van der Waals surface area contributed by atoms with Crippen LogP contribution in [0.4, 0.5) is 0 Å². The lowest BCUT2D eigenvalue weighted by Crippen LogP contribution is -2.39. The van der Waals surface area contributed by atoms with Crippen molar-refractivity contribution in [2.75, 3.05) is 19.7 Å².